The van der Waals surface area contributed by atoms with Crippen molar-refractivity contribution in [2.45, 2.75) is 13.1 Å². The largest absolute Gasteiger partial charge is 0.370 e. The molecular weight excluding hydrogens is 298 g/mol. The number of rotatable bonds is 1. The van der Waals surface area contributed by atoms with E-state index in [4.69, 9.17) is 5.73 Å². The van der Waals surface area contributed by atoms with Crippen molar-refractivity contribution < 1.29 is 0 Å². The fourth-order valence-corrected chi connectivity index (χ4v) is 3.64. The summed E-state index contributed by atoms with van der Waals surface area (Å²) in [5, 5.41) is 5.48. The second-order valence-electron chi connectivity index (χ2n) is 5.11. The molecule has 3 N–H and O–H groups in total. The third-order valence-electron chi connectivity index (χ3n) is 3.71. The first kappa shape index (κ1) is 13.0. The number of anilines is 1. The molecule has 22 heavy (non-hydrogen) atoms. The van der Waals surface area contributed by atoms with Crippen LogP contribution in [0.5, 0.6) is 0 Å². The molecule has 1 atom stereocenters. The number of fused-ring (bicyclic) bond motifs is 3. The minimum absolute atomic E-state index is 0.264. The molecule has 0 saturated carbocycles. The summed E-state index contributed by atoms with van der Waals surface area (Å²) in [7, 11) is 0. The van der Waals surface area contributed by atoms with Crippen molar-refractivity contribution in [1.29, 1.82) is 0 Å². The van der Waals surface area contributed by atoms with Crippen molar-refractivity contribution in [3.8, 4) is 0 Å². The topological polar surface area (TPSA) is 85.3 Å². The van der Waals surface area contributed by atoms with Gasteiger partial charge in [-0.2, -0.15) is 4.98 Å². The maximum Gasteiger partial charge on any atom is 0.282 e. The lowest BCUT2D eigenvalue weighted by Crippen LogP contribution is -2.34. The minimum Gasteiger partial charge on any atom is -0.370 e. The number of nitrogens with zero attached hydrogens (tertiary/aromatic N) is 3. The molecular formula is C15H13N5OS. The zero-order chi connectivity index (χ0) is 15.3. The molecule has 0 fully saturated rings. The van der Waals surface area contributed by atoms with Gasteiger partial charge in [-0.3, -0.25) is 14.7 Å². The molecule has 6 nitrogen and oxygen atoms in total. The second-order valence-corrected chi connectivity index (χ2v) is 6.06. The van der Waals surface area contributed by atoms with Gasteiger partial charge in [0.05, 0.1) is 15.8 Å². The summed E-state index contributed by atoms with van der Waals surface area (Å²) in [5.41, 5.74) is 7.54. The number of hydrogen-bond acceptors (Lipinski definition) is 6. The molecule has 0 saturated heterocycles. The molecule has 1 aliphatic rings. The Morgan fingerprint density at radius 3 is 2.91 bits per heavy atom. The third-order valence-corrected chi connectivity index (χ3v) is 4.77. The lowest BCUT2D eigenvalue weighted by atomic mass is 10.2. The summed E-state index contributed by atoms with van der Waals surface area (Å²) in [4.78, 5) is 21.9. The smallest absolute Gasteiger partial charge is 0.282 e. The molecule has 1 unspecified atom stereocenters. The Kier molecular flexibility index (Phi) is 2.77. The summed E-state index contributed by atoms with van der Waals surface area (Å²) in [6.07, 6.45) is -0.311. The Bertz CT molecular complexity index is 971. The molecule has 1 aromatic carbocycles. The number of benzene rings is 1. The molecule has 110 valence electrons. The van der Waals surface area contributed by atoms with Gasteiger partial charge in [-0.25, -0.2) is 4.99 Å². The van der Waals surface area contributed by atoms with Crippen LogP contribution in [0.4, 0.5) is 5.95 Å². The number of aliphatic imine (C=N–C) groups is 1. The average molecular weight is 311 g/mol. The average Bonchev–Trinajstić information content (AvgIpc) is 2.92. The van der Waals surface area contributed by atoms with Crippen LogP contribution >= 0.6 is 11.3 Å². The van der Waals surface area contributed by atoms with Gasteiger partial charge in [0, 0.05) is 0 Å². The number of aromatic nitrogens is 2. The molecule has 0 bridgehead atoms. The summed E-state index contributed by atoms with van der Waals surface area (Å²) < 4.78 is 1.92. The molecule has 3 aromatic rings. The summed E-state index contributed by atoms with van der Waals surface area (Å²) in [5.74, 6) is 0.689. The lowest BCUT2D eigenvalue weighted by molar-refractivity contribution is 0.623. The summed E-state index contributed by atoms with van der Waals surface area (Å²) in [6.45, 7) is 2.04. The number of hydrogen-bond donors (Lipinski definition) is 2. The normalized spacial score (nSPS) is 17.0. The van der Waals surface area contributed by atoms with Crippen LogP contribution in [0, 0.1) is 6.92 Å². The van der Waals surface area contributed by atoms with Crippen molar-refractivity contribution in [3.63, 3.8) is 0 Å². The monoisotopic (exact) mass is 311 g/mol. The van der Waals surface area contributed by atoms with Crippen LogP contribution in [0.25, 0.3) is 10.9 Å². The number of nitrogens with two attached hydrogens (primary N) is 1. The zero-order valence-electron chi connectivity index (χ0n) is 11.8. The van der Waals surface area contributed by atoms with E-state index < -0.39 is 0 Å². The van der Waals surface area contributed by atoms with E-state index >= 15 is 0 Å². The van der Waals surface area contributed by atoms with Crippen LogP contribution in [0.15, 0.2) is 45.5 Å². The Labute approximate surface area is 129 Å². The van der Waals surface area contributed by atoms with E-state index in [2.05, 4.69) is 15.3 Å². The van der Waals surface area contributed by atoms with Crippen molar-refractivity contribution in [1.82, 2.24) is 9.55 Å². The van der Waals surface area contributed by atoms with Gasteiger partial charge >= 0.3 is 0 Å². The zero-order valence-corrected chi connectivity index (χ0v) is 12.6. The van der Waals surface area contributed by atoms with Crippen LogP contribution < -0.4 is 16.6 Å². The SMILES string of the molecule is Cc1ccsc1C1N=C(N)Nc2nc(=O)c3ccccc3n21. The first-order chi connectivity index (χ1) is 10.6. The second kappa shape index (κ2) is 4.67. The van der Waals surface area contributed by atoms with E-state index in [9.17, 15) is 4.79 Å². The van der Waals surface area contributed by atoms with Crippen molar-refractivity contribution in [3.05, 3.63) is 56.5 Å². The van der Waals surface area contributed by atoms with Crippen LogP contribution in [0.1, 0.15) is 16.6 Å². The fraction of sp³-hybridized carbons (Fsp3) is 0.133. The van der Waals surface area contributed by atoms with Gasteiger partial charge < -0.3 is 5.73 Å². The Morgan fingerprint density at radius 1 is 1.32 bits per heavy atom. The molecule has 7 heteroatoms. The summed E-state index contributed by atoms with van der Waals surface area (Å²) >= 11 is 1.62. The minimum atomic E-state index is -0.311. The van der Waals surface area contributed by atoms with Crippen LogP contribution in [0.3, 0.4) is 0 Å². The Morgan fingerprint density at radius 2 is 2.14 bits per heavy atom. The number of thiophene rings is 1. The quantitative estimate of drug-likeness (QED) is 0.720. The molecule has 2 aromatic heterocycles. The van der Waals surface area contributed by atoms with E-state index in [1.54, 1.807) is 17.4 Å². The highest BCUT2D eigenvalue weighted by Gasteiger charge is 2.26. The van der Waals surface area contributed by atoms with Gasteiger partial charge in [0.2, 0.25) is 5.95 Å². The van der Waals surface area contributed by atoms with E-state index in [1.165, 1.54) is 0 Å². The van der Waals surface area contributed by atoms with E-state index in [0.29, 0.717) is 11.3 Å². The standard InChI is InChI=1S/C15H13N5OS/c1-8-6-7-22-11(8)12-17-14(16)19-15-18-13(21)9-4-2-3-5-10(9)20(12)15/h2-7,12H,1H3,(H3,16,17,18,19,21). The molecule has 4 rings (SSSR count). The highest BCUT2D eigenvalue weighted by atomic mass is 32.1. The highest BCUT2D eigenvalue weighted by molar-refractivity contribution is 7.10. The third kappa shape index (κ3) is 1.82. The van der Waals surface area contributed by atoms with Crippen LogP contribution in [0.2, 0.25) is 0 Å². The predicted octanol–water partition coefficient (Wildman–Crippen LogP) is 2.05. The first-order valence-corrected chi connectivity index (χ1v) is 7.68. The maximum absolute atomic E-state index is 12.2. The van der Waals surface area contributed by atoms with Gasteiger partial charge in [0.15, 0.2) is 12.1 Å². The van der Waals surface area contributed by atoms with E-state index in [0.717, 1.165) is 16.0 Å². The molecule has 0 spiro atoms. The van der Waals surface area contributed by atoms with Crippen LogP contribution in [-0.4, -0.2) is 15.5 Å². The number of nitrogens with one attached hydrogen (secondary N) is 1. The van der Waals surface area contributed by atoms with E-state index in [-0.39, 0.29) is 17.7 Å². The summed E-state index contributed by atoms with van der Waals surface area (Å²) in [6, 6.07) is 9.45. The van der Waals surface area contributed by atoms with E-state index in [1.807, 2.05) is 41.1 Å². The number of aryl methyl sites for hydroxylation is 1. The van der Waals surface area contributed by atoms with Crippen molar-refractivity contribution in [2.75, 3.05) is 5.32 Å². The maximum atomic E-state index is 12.2. The molecule has 1 aliphatic heterocycles. The molecule has 0 radical (unpaired) electrons. The first-order valence-electron chi connectivity index (χ1n) is 6.81. The van der Waals surface area contributed by atoms with Gasteiger partial charge in [-0.05, 0) is 36.1 Å². The fourth-order valence-electron chi connectivity index (χ4n) is 2.69. The number of para-hydroxylation sites is 1. The van der Waals surface area contributed by atoms with Gasteiger partial charge in [0.25, 0.3) is 5.56 Å². The highest BCUT2D eigenvalue weighted by Crippen LogP contribution is 2.34. The van der Waals surface area contributed by atoms with Crippen LogP contribution in [-0.2, 0) is 0 Å². The van der Waals surface area contributed by atoms with Crippen molar-refractivity contribution in [2.24, 2.45) is 10.7 Å². The molecule has 3 heterocycles. The van der Waals surface area contributed by atoms with Gasteiger partial charge in [-0.15, -0.1) is 11.3 Å². The Hall–Kier alpha value is -2.67. The Balaban J connectivity index is 2.09. The predicted molar refractivity (Wildman–Crippen MR) is 88.4 cm³/mol. The molecule has 0 amide bonds. The van der Waals surface area contributed by atoms with Gasteiger partial charge in [0.1, 0.15) is 0 Å². The number of guanidine groups is 1. The lowest BCUT2D eigenvalue weighted by Gasteiger charge is -2.26. The van der Waals surface area contributed by atoms with Gasteiger partial charge in [-0.1, -0.05) is 12.1 Å². The molecule has 0 aliphatic carbocycles. The van der Waals surface area contributed by atoms with Crippen molar-refractivity contribution >= 4 is 34.1 Å².